The molecule has 2 rings (SSSR count). The Bertz CT molecular complexity index is 565. The lowest BCUT2D eigenvalue weighted by Crippen LogP contribution is -2.56. The number of rotatable bonds is 6. The van der Waals surface area contributed by atoms with E-state index in [9.17, 15) is 19.5 Å². The zero-order chi connectivity index (χ0) is 16.9. The zero-order valence-corrected chi connectivity index (χ0v) is 14.0. The largest absolute Gasteiger partial charge is 0.479 e. The molecule has 1 aromatic rings. The Labute approximate surface area is 139 Å². The fourth-order valence-electron chi connectivity index (χ4n) is 3.01. The van der Waals surface area contributed by atoms with Crippen molar-refractivity contribution in [3.8, 4) is 0 Å². The van der Waals surface area contributed by atoms with Crippen LogP contribution in [-0.2, 0) is 9.59 Å². The van der Waals surface area contributed by atoms with E-state index in [0.29, 0.717) is 18.4 Å². The molecule has 6 nitrogen and oxygen atoms in total. The van der Waals surface area contributed by atoms with Crippen LogP contribution in [0.4, 0.5) is 0 Å². The summed E-state index contributed by atoms with van der Waals surface area (Å²) in [5.74, 6) is -1.40. The highest BCUT2D eigenvalue weighted by Gasteiger charge is 2.45. The average Bonchev–Trinajstić information content (AvgIpc) is 3.09. The molecule has 1 aromatic heterocycles. The van der Waals surface area contributed by atoms with Crippen molar-refractivity contribution in [2.24, 2.45) is 0 Å². The summed E-state index contributed by atoms with van der Waals surface area (Å²) >= 11 is 1.43. The molecule has 0 saturated heterocycles. The normalized spacial score (nSPS) is 16.6. The first-order valence-electron chi connectivity index (χ1n) is 7.78. The molecule has 0 aromatic carbocycles. The predicted molar refractivity (Wildman–Crippen MR) is 87.5 cm³/mol. The van der Waals surface area contributed by atoms with Gasteiger partial charge in [-0.2, -0.15) is 11.3 Å². The molecular formula is C16H22N2O4S. The van der Waals surface area contributed by atoms with Crippen molar-refractivity contribution >= 4 is 29.1 Å². The average molecular weight is 338 g/mol. The van der Waals surface area contributed by atoms with Crippen LogP contribution in [0.3, 0.4) is 0 Å². The van der Waals surface area contributed by atoms with E-state index < -0.39 is 11.5 Å². The summed E-state index contributed by atoms with van der Waals surface area (Å²) in [6, 6.07) is 1.72. The second kappa shape index (κ2) is 7.59. The molecule has 7 heteroatoms. The van der Waals surface area contributed by atoms with Crippen molar-refractivity contribution in [3.63, 3.8) is 0 Å². The monoisotopic (exact) mass is 338 g/mol. The Hall–Kier alpha value is -1.89. The van der Waals surface area contributed by atoms with Gasteiger partial charge in [-0.05, 0) is 24.3 Å². The molecule has 0 spiro atoms. The molecule has 1 fully saturated rings. The zero-order valence-electron chi connectivity index (χ0n) is 13.2. The van der Waals surface area contributed by atoms with Gasteiger partial charge < -0.3 is 15.3 Å². The molecule has 0 atom stereocenters. The number of nitrogens with one attached hydrogen (secondary N) is 1. The van der Waals surface area contributed by atoms with Gasteiger partial charge in [0.25, 0.3) is 5.91 Å². The number of aliphatic carboxylic acids is 1. The van der Waals surface area contributed by atoms with E-state index in [1.807, 2.05) is 5.38 Å². The van der Waals surface area contributed by atoms with Gasteiger partial charge in [0.05, 0.1) is 0 Å². The number of likely N-dealkylation sites (N-methyl/N-ethyl adjacent to an activating group) is 1. The van der Waals surface area contributed by atoms with Gasteiger partial charge in [-0.3, -0.25) is 9.59 Å². The molecule has 1 aliphatic carbocycles. The molecule has 2 N–H and O–H groups in total. The van der Waals surface area contributed by atoms with Crippen molar-refractivity contribution in [1.82, 2.24) is 10.2 Å². The van der Waals surface area contributed by atoms with E-state index >= 15 is 0 Å². The third-order valence-corrected chi connectivity index (χ3v) is 5.19. The SMILES string of the molecule is CN(C(=O)CCNC(=O)c1ccsc1)C1(C(=O)O)CCCCC1. The van der Waals surface area contributed by atoms with Crippen molar-refractivity contribution < 1.29 is 19.5 Å². The Kier molecular flexibility index (Phi) is 5.76. The van der Waals surface area contributed by atoms with Crippen molar-refractivity contribution in [1.29, 1.82) is 0 Å². The maximum atomic E-state index is 12.3. The minimum atomic E-state index is -1.09. The van der Waals surface area contributed by atoms with E-state index in [4.69, 9.17) is 0 Å². The third kappa shape index (κ3) is 3.90. The van der Waals surface area contributed by atoms with Gasteiger partial charge in [0, 0.05) is 31.0 Å². The lowest BCUT2D eigenvalue weighted by Gasteiger charge is -2.41. The van der Waals surface area contributed by atoms with Gasteiger partial charge in [0.15, 0.2) is 0 Å². The molecule has 0 aliphatic heterocycles. The quantitative estimate of drug-likeness (QED) is 0.832. The second-order valence-corrected chi connectivity index (χ2v) is 6.65. The van der Waals surface area contributed by atoms with Gasteiger partial charge in [0.2, 0.25) is 5.91 Å². The smallest absolute Gasteiger partial charge is 0.329 e. The number of carboxylic acids is 1. The van der Waals surface area contributed by atoms with E-state index in [2.05, 4.69) is 5.32 Å². The van der Waals surface area contributed by atoms with Crippen molar-refractivity contribution in [3.05, 3.63) is 22.4 Å². The number of carbonyl (C=O) groups is 3. The van der Waals surface area contributed by atoms with Crippen LogP contribution in [0.15, 0.2) is 16.8 Å². The number of nitrogens with zero attached hydrogens (tertiary/aromatic N) is 1. The lowest BCUT2D eigenvalue weighted by molar-refractivity contribution is -0.160. The third-order valence-electron chi connectivity index (χ3n) is 4.50. The first kappa shape index (κ1) is 17.5. The minimum absolute atomic E-state index is 0.0986. The Morgan fingerprint density at radius 1 is 1.30 bits per heavy atom. The highest BCUT2D eigenvalue weighted by Crippen LogP contribution is 2.33. The lowest BCUT2D eigenvalue weighted by atomic mass is 9.80. The van der Waals surface area contributed by atoms with E-state index in [1.54, 1.807) is 18.5 Å². The van der Waals surface area contributed by atoms with E-state index in [0.717, 1.165) is 19.3 Å². The van der Waals surface area contributed by atoms with Crippen LogP contribution in [-0.4, -0.2) is 46.9 Å². The summed E-state index contributed by atoms with van der Waals surface area (Å²) in [6.45, 7) is 0.202. The van der Waals surface area contributed by atoms with Gasteiger partial charge in [-0.25, -0.2) is 4.79 Å². The number of carbonyl (C=O) groups excluding carboxylic acids is 2. The summed E-state index contributed by atoms with van der Waals surface area (Å²) < 4.78 is 0. The van der Waals surface area contributed by atoms with Crippen LogP contribution in [0, 0.1) is 0 Å². The topological polar surface area (TPSA) is 86.7 Å². The van der Waals surface area contributed by atoms with Crippen LogP contribution in [0.25, 0.3) is 0 Å². The van der Waals surface area contributed by atoms with Crippen molar-refractivity contribution in [2.75, 3.05) is 13.6 Å². The molecule has 126 valence electrons. The van der Waals surface area contributed by atoms with Gasteiger partial charge >= 0.3 is 5.97 Å². The Morgan fingerprint density at radius 3 is 2.57 bits per heavy atom. The predicted octanol–water partition coefficient (Wildman–Crippen LogP) is 2.11. The highest BCUT2D eigenvalue weighted by molar-refractivity contribution is 7.08. The van der Waals surface area contributed by atoms with Crippen LogP contribution >= 0.6 is 11.3 Å². The van der Waals surface area contributed by atoms with Crippen molar-refractivity contribution in [2.45, 2.75) is 44.1 Å². The summed E-state index contributed by atoms with van der Waals surface area (Å²) in [4.78, 5) is 37.2. The second-order valence-electron chi connectivity index (χ2n) is 5.87. The first-order valence-corrected chi connectivity index (χ1v) is 8.72. The summed E-state index contributed by atoms with van der Waals surface area (Å²) in [6.07, 6.45) is 3.73. The molecule has 2 amide bonds. The van der Waals surface area contributed by atoms with E-state index in [-0.39, 0.29) is 24.8 Å². The van der Waals surface area contributed by atoms with Crippen LogP contribution in [0.2, 0.25) is 0 Å². The molecule has 1 heterocycles. The van der Waals surface area contributed by atoms with Crippen LogP contribution in [0.1, 0.15) is 48.9 Å². The highest BCUT2D eigenvalue weighted by atomic mass is 32.1. The van der Waals surface area contributed by atoms with Gasteiger partial charge in [-0.1, -0.05) is 19.3 Å². The molecule has 1 aliphatic rings. The molecular weight excluding hydrogens is 316 g/mol. The maximum Gasteiger partial charge on any atom is 0.329 e. The van der Waals surface area contributed by atoms with E-state index in [1.165, 1.54) is 16.2 Å². The molecule has 0 radical (unpaired) electrons. The van der Waals surface area contributed by atoms with Gasteiger partial charge in [0.1, 0.15) is 5.54 Å². The molecule has 0 bridgehead atoms. The number of hydrogen-bond donors (Lipinski definition) is 2. The van der Waals surface area contributed by atoms with Crippen LogP contribution in [0.5, 0.6) is 0 Å². The maximum absolute atomic E-state index is 12.3. The summed E-state index contributed by atoms with van der Waals surface area (Å²) in [5.41, 5.74) is -0.516. The van der Waals surface area contributed by atoms with Gasteiger partial charge in [-0.15, -0.1) is 0 Å². The molecule has 0 unspecified atom stereocenters. The minimum Gasteiger partial charge on any atom is -0.479 e. The summed E-state index contributed by atoms with van der Waals surface area (Å²) in [5, 5.41) is 15.8. The fourth-order valence-corrected chi connectivity index (χ4v) is 3.65. The van der Waals surface area contributed by atoms with Crippen LogP contribution < -0.4 is 5.32 Å². The number of amides is 2. The fraction of sp³-hybridized carbons (Fsp3) is 0.562. The summed E-state index contributed by atoms with van der Waals surface area (Å²) in [7, 11) is 1.56. The number of thiophene rings is 1. The first-order chi connectivity index (χ1) is 11.0. The number of carboxylic acid groups (broad SMARTS) is 1. The number of hydrogen-bond acceptors (Lipinski definition) is 4. The standard InChI is InChI=1S/C16H22N2O4S/c1-18(16(15(21)22)7-3-2-4-8-16)13(19)5-9-17-14(20)12-6-10-23-11-12/h6,10-11H,2-5,7-9H2,1H3,(H,17,20)(H,21,22). The Morgan fingerprint density at radius 2 is 2.00 bits per heavy atom. The molecule has 1 saturated carbocycles. The Balaban J connectivity index is 1.89. The molecule has 23 heavy (non-hydrogen) atoms.